The fourth-order valence-corrected chi connectivity index (χ4v) is 16.6. The quantitative estimate of drug-likeness (QED) is 0.104. The molecule has 0 unspecified atom stereocenters. The lowest BCUT2D eigenvalue weighted by Gasteiger charge is -2.45. The van der Waals surface area contributed by atoms with Crippen LogP contribution in [0.25, 0.3) is 33.8 Å². The fraction of sp³-hybridized carbons (Fsp3) is 0.383. The van der Waals surface area contributed by atoms with Crippen molar-refractivity contribution >= 4 is 93.4 Å². The average molecular weight is 1510 g/mol. The van der Waals surface area contributed by atoms with E-state index in [0.29, 0.717) is 41.0 Å². The van der Waals surface area contributed by atoms with Crippen LogP contribution in [0.5, 0.6) is 5.88 Å². The van der Waals surface area contributed by atoms with E-state index in [-0.39, 0.29) is 48.3 Å². The van der Waals surface area contributed by atoms with Gasteiger partial charge in [-0.15, -0.1) is 0 Å². The smallest absolute Gasteiger partial charge is 0.329 e. The van der Waals surface area contributed by atoms with E-state index in [9.17, 15) is 19.2 Å². The predicted molar refractivity (Wildman–Crippen MR) is 431 cm³/mol. The molecule has 10 aliphatic rings. The number of nitrogens with zero attached hydrogens (tertiary/aromatic N) is 22. The lowest BCUT2D eigenvalue weighted by Crippen LogP contribution is -2.56. The minimum absolute atomic E-state index is 0.0121. The molecule has 8 bridgehead atoms. The highest BCUT2D eigenvalue weighted by Gasteiger charge is 2.45. The van der Waals surface area contributed by atoms with Crippen LogP contribution in [-0.4, -0.2) is 191 Å². The molecule has 4 atom stereocenters. The second-order valence-corrected chi connectivity index (χ2v) is 29.9. The third-order valence-electron chi connectivity index (χ3n) is 22.4. The summed E-state index contributed by atoms with van der Waals surface area (Å²) in [6.45, 7) is 15.2. The Kier molecular flexibility index (Phi) is 20.2. The fourth-order valence-electron chi connectivity index (χ4n) is 16.6. The largest absolute Gasteiger partial charge is 0.480 e. The molecule has 10 aromatic rings. The highest BCUT2D eigenvalue weighted by atomic mass is 16.5. The number of anilines is 12. The number of amides is 8. The van der Waals surface area contributed by atoms with Gasteiger partial charge in [0.15, 0.2) is 40.7 Å². The van der Waals surface area contributed by atoms with Crippen LogP contribution in [-0.2, 0) is 7.05 Å². The van der Waals surface area contributed by atoms with Crippen LogP contribution < -0.4 is 70.1 Å². The van der Waals surface area contributed by atoms with Gasteiger partial charge in [-0.05, 0) is 176 Å². The summed E-state index contributed by atoms with van der Waals surface area (Å²) < 4.78 is 6.78. The van der Waals surface area contributed by atoms with E-state index >= 15 is 0 Å². The average Bonchev–Trinajstić information content (AvgIpc) is 1.27. The molecule has 0 radical (unpaired) electrons. The lowest BCUT2D eigenvalue weighted by molar-refractivity contribution is 0.231. The van der Waals surface area contributed by atoms with E-state index in [0.717, 1.165) is 201 Å². The number of hydrogen-bond acceptors (Lipinski definition) is 22. The summed E-state index contributed by atoms with van der Waals surface area (Å²) in [4.78, 5) is 120. The van der Waals surface area contributed by atoms with Crippen molar-refractivity contribution in [2.24, 2.45) is 7.05 Å². The van der Waals surface area contributed by atoms with Crippen molar-refractivity contribution < 1.29 is 23.9 Å². The zero-order valence-corrected chi connectivity index (χ0v) is 63.5. The maximum absolute atomic E-state index is 13.4. The topological polar surface area (TPSA) is 314 Å². The molecular weight excluding hydrogens is 1420 g/mol. The first-order valence-electron chi connectivity index (χ1n) is 38.8. The minimum Gasteiger partial charge on any atom is -0.480 e. The van der Waals surface area contributed by atoms with Crippen LogP contribution in [0.15, 0.2) is 147 Å². The van der Waals surface area contributed by atoms with E-state index < -0.39 is 0 Å². The van der Waals surface area contributed by atoms with Crippen LogP contribution in [0.4, 0.5) is 88.5 Å². The number of rotatable bonds is 9. The van der Waals surface area contributed by atoms with Crippen LogP contribution in [0.3, 0.4) is 0 Å². The molecule has 0 spiro atoms. The summed E-state index contributed by atoms with van der Waals surface area (Å²) in [6, 6.07) is 30.4. The minimum atomic E-state index is -0.272. The predicted octanol–water partition coefficient (Wildman–Crippen LogP) is 11.7. The number of aryl methyl sites for hydroxylation is 4. The molecule has 31 heteroatoms. The first kappa shape index (κ1) is 72.2. The molecule has 19 heterocycles. The Morgan fingerprint density at radius 1 is 0.402 bits per heavy atom. The van der Waals surface area contributed by atoms with Crippen LogP contribution in [0.2, 0.25) is 0 Å². The summed E-state index contributed by atoms with van der Waals surface area (Å²) in [5, 5.41) is 16.1. The molecule has 6 fully saturated rings. The number of ether oxygens (including phenoxy) is 1. The molecule has 9 aliphatic heterocycles. The molecule has 10 aromatic heterocycles. The standard InChI is InChI=1S/C22H23N7O2.C20H21N7O.C20H23N5O.C19H23N7O/c1-14-10-15(7-8-24-14)17-5-6-18-21(25-17)29(16-4-3-9-28(18)13-16)22(30)27-19-11-23-12-20(26-19)31-2;1-13-11-14(5-8-21-13)16-3-4-17-19(22-16)27(15-6-10-26(17)12-15)20(28)23-18-7-9-25(2)24-18;1-13-11-14(7-9-21-13)17-5-6-18-19(23-17)25(16-8-10-24(18)12-16)20(26)22-15-3-2-4-15;27-19(22-16-12-20-7-8-21-16)26-14-6-11-25(13-14)15-4-5-17(23-18(15)26)24-9-2-1-3-10-24/h5-8,10-12,16H,3-4,9,13H2,1-2H3,(H,26,27,30);3-5,7-9,11,15H,6,10,12H2,1-2H3,(H,23,24,28);5-7,9,11,15-16H,2-4,8,10,12H2,1H3,(H,22,26);4-5,7-8,12,14H,1-3,6,9-11,13H2,(H,21,22,27)/t16-;15-;16-;14-/m0000/s1. The van der Waals surface area contributed by atoms with Gasteiger partial charge in [0, 0.05) is 156 Å². The van der Waals surface area contributed by atoms with Crippen LogP contribution >= 0.6 is 0 Å². The molecule has 0 aromatic carbocycles. The van der Waals surface area contributed by atoms with Gasteiger partial charge < -0.3 is 34.6 Å². The van der Waals surface area contributed by atoms with Crippen LogP contribution in [0.1, 0.15) is 87.7 Å². The number of urea groups is 4. The van der Waals surface area contributed by atoms with Gasteiger partial charge >= 0.3 is 24.1 Å². The molecule has 8 amide bonds. The Balaban J connectivity index is 0.000000109. The molecule has 574 valence electrons. The van der Waals surface area contributed by atoms with Crippen molar-refractivity contribution in [3.63, 3.8) is 0 Å². The van der Waals surface area contributed by atoms with E-state index in [2.05, 4.69) is 116 Å². The van der Waals surface area contributed by atoms with E-state index in [1.54, 1.807) is 63.9 Å². The van der Waals surface area contributed by atoms with E-state index in [1.807, 2.05) is 92.2 Å². The number of pyridine rings is 7. The van der Waals surface area contributed by atoms with Crippen molar-refractivity contribution in [1.29, 1.82) is 0 Å². The lowest BCUT2D eigenvalue weighted by atomic mass is 9.93. The van der Waals surface area contributed by atoms with Gasteiger partial charge in [-0.2, -0.15) is 10.1 Å². The number of nitrogens with one attached hydrogen (secondary N) is 4. The van der Waals surface area contributed by atoms with Gasteiger partial charge in [0.25, 0.3) is 0 Å². The molecule has 31 nitrogen and oxygen atoms in total. The first-order chi connectivity index (χ1) is 54.7. The molecule has 5 saturated heterocycles. The SMILES string of the molecule is COc1cncc(NC(=O)N2c3nc(-c4ccnc(C)c4)ccc3N3CCC[C@H]2C3)n1.Cc1cc(-c2ccc3c(n2)N(C(=O)NC2CCC2)[C@H]2CCN3C2)ccn1.Cc1cc(-c2ccc3c(n2)N(C(=O)Nc2ccn(C)n2)[C@H]2CCN3C2)ccn1.O=C(Nc1cnccn1)N1c2nc(N3CCCCC3)ccc2N2CC[C@H]1C2. The summed E-state index contributed by atoms with van der Waals surface area (Å²) in [5.41, 5.74) is 12.4. The van der Waals surface area contributed by atoms with Gasteiger partial charge in [0.1, 0.15) is 5.82 Å². The van der Waals surface area contributed by atoms with Crippen molar-refractivity contribution in [1.82, 2.24) is 69.9 Å². The number of aromatic nitrogens is 13. The maximum atomic E-state index is 13.4. The van der Waals surface area contributed by atoms with Gasteiger partial charge in [-0.25, -0.2) is 44.1 Å². The summed E-state index contributed by atoms with van der Waals surface area (Å²) >= 11 is 0. The number of carbonyl (C=O) groups excluding carboxylic acids is 4. The molecule has 112 heavy (non-hydrogen) atoms. The highest BCUT2D eigenvalue weighted by molar-refractivity contribution is 6.06. The molecule has 20 rings (SSSR count). The maximum Gasteiger partial charge on any atom is 0.329 e. The van der Waals surface area contributed by atoms with Crippen molar-refractivity contribution in [3.05, 3.63) is 164 Å². The normalized spacial score (nSPS) is 19.2. The molecule has 1 saturated carbocycles. The Labute approximate surface area is 648 Å². The third kappa shape index (κ3) is 15.0. The van der Waals surface area contributed by atoms with Crippen molar-refractivity contribution in [2.75, 3.05) is 133 Å². The van der Waals surface area contributed by atoms with Gasteiger partial charge in [0.2, 0.25) is 5.88 Å². The second kappa shape index (κ2) is 31.3. The Morgan fingerprint density at radius 3 is 1.32 bits per heavy atom. The van der Waals surface area contributed by atoms with Crippen molar-refractivity contribution in [2.45, 2.75) is 122 Å². The number of carbonyl (C=O) groups is 4. The number of fused-ring (bicyclic) bond motifs is 16. The monoisotopic (exact) mass is 1510 g/mol. The zero-order chi connectivity index (χ0) is 76.5. The summed E-state index contributed by atoms with van der Waals surface area (Å²) in [5.74, 6) is 5.56. The van der Waals surface area contributed by atoms with Gasteiger partial charge in [-0.1, -0.05) is 0 Å². The highest BCUT2D eigenvalue weighted by Crippen LogP contribution is 2.45. The van der Waals surface area contributed by atoms with E-state index in [4.69, 9.17) is 24.7 Å². The van der Waals surface area contributed by atoms with Gasteiger partial charge in [0.05, 0.1) is 89.7 Å². The number of methoxy groups -OCH3 is 1. The molecular formula is C81H90N26O5. The summed E-state index contributed by atoms with van der Waals surface area (Å²) in [7, 11) is 3.34. The van der Waals surface area contributed by atoms with Crippen molar-refractivity contribution in [3.8, 4) is 39.7 Å². The summed E-state index contributed by atoms with van der Waals surface area (Å²) in [6.07, 6.45) is 26.8. The Hall–Kier alpha value is -12.7. The molecule has 1 aliphatic carbocycles. The van der Waals surface area contributed by atoms with Gasteiger partial charge in [-0.3, -0.25) is 65.2 Å². The first-order valence-corrected chi connectivity index (χ1v) is 38.8. The Bertz CT molecular complexity index is 5160. The Morgan fingerprint density at radius 2 is 0.857 bits per heavy atom. The zero-order valence-electron chi connectivity index (χ0n) is 63.5. The van der Waals surface area contributed by atoms with Crippen LogP contribution in [0, 0.1) is 20.8 Å². The number of piperidine rings is 2. The third-order valence-corrected chi connectivity index (χ3v) is 22.4. The number of hydrogen-bond donors (Lipinski definition) is 4. The second-order valence-electron chi connectivity index (χ2n) is 29.9. The van der Waals surface area contributed by atoms with E-state index in [1.165, 1.54) is 45.2 Å². The molecule has 4 N–H and O–H groups in total.